The average molecular weight is 253 g/mol. The molecule has 1 aromatic heterocycles. The van der Waals surface area contributed by atoms with Crippen LogP contribution in [0.15, 0.2) is 24.4 Å². The lowest BCUT2D eigenvalue weighted by atomic mass is 10.1. The SMILES string of the molecule is NCCc1cn(CCCO)c2cc(Cl)ccc12. The van der Waals surface area contributed by atoms with E-state index in [0.29, 0.717) is 6.54 Å². The third-order valence-corrected chi connectivity index (χ3v) is 3.13. The molecule has 0 unspecified atom stereocenters. The minimum atomic E-state index is 0.201. The van der Waals surface area contributed by atoms with Crippen molar-refractivity contribution in [1.82, 2.24) is 4.57 Å². The monoisotopic (exact) mass is 252 g/mol. The Balaban J connectivity index is 2.46. The quantitative estimate of drug-likeness (QED) is 0.857. The molecule has 0 spiro atoms. The second kappa shape index (κ2) is 5.54. The maximum absolute atomic E-state index is 8.91. The highest BCUT2D eigenvalue weighted by Crippen LogP contribution is 2.25. The zero-order chi connectivity index (χ0) is 12.3. The van der Waals surface area contributed by atoms with E-state index >= 15 is 0 Å². The Labute approximate surface area is 106 Å². The van der Waals surface area contributed by atoms with Crippen LogP contribution in [0.3, 0.4) is 0 Å². The van der Waals surface area contributed by atoms with Crippen molar-refractivity contribution < 1.29 is 5.11 Å². The Morgan fingerprint density at radius 1 is 1.35 bits per heavy atom. The summed E-state index contributed by atoms with van der Waals surface area (Å²) in [5.74, 6) is 0. The second-order valence-electron chi connectivity index (χ2n) is 4.13. The van der Waals surface area contributed by atoms with Crippen molar-refractivity contribution in [2.75, 3.05) is 13.2 Å². The highest BCUT2D eigenvalue weighted by molar-refractivity contribution is 6.31. The van der Waals surface area contributed by atoms with Gasteiger partial charge in [0.05, 0.1) is 0 Å². The Bertz CT molecular complexity index is 507. The summed E-state index contributed by atoms with van der Waals surface area (Å²) in [7, 11) is 0. The van der Waals surface area contributed by atoms with Crippen LogP contribution < -0.4 is 5.73 Å². The molecule has 2 rings (SSSR count). The molecule has 0 radical (unpaired) electrons. The first kappa shape index (κ1) is 12.4. The number of aryl methyl sites for hydroxylation is 1. The van der Waals surface area contributed by atoms with Crippen LogP contribution in [-0.2, 0) is 13.0 Å². The van der Waals surface area contributed by atoms with Gasteiger partial charge in [0.25, 0.3) is 0 Å². The van der Waals surface area contributed by atoms with E-state index in [-0.39, 0.29) is 6.61 Å². The van der Waals surface area contributed by atoms with Crippen molar-refractivity contribution in [3.8, 4) is 0 Å². The summed E-state index contributed by atoms with van der Waals surface area (Å²) in [6.07, 6.45) is 3.73. The lowest BCUT2D eigenvalue weighted by Crippen LogP contribution is -2.02. The molecule has 0 bridgehead atoms. The first-order valence-corrected chi connectivity index (χ1v) is 6.22. The molecule has 4 heteroatoms. The fraction of sp³-hybridized carbons (Fsp3) is 0.385. The molecule has 1 aromatic carbocycles. The van der Waals surface area contributed by atoms with Crippen LogP contribution in [0.5, 0.6) is 0 Å². The number of nitrogens with zero attached hydrogens (tertiary/aromatic N) is 1. The first-order valence-electron chi connectivity index (χ1n) is 5.84. The second-order valence-corrected chi connectivity index (χ2v) is 4.56. The number of fused-ring (bicyclic) bond motifs is 1. The Morgan fingerprint density at radius 3 is 2.88 bits per heavy atom. The Hall–Kier alpha value is -1.03. The van der Waals surface area contributed by atoms with Crippen molar-refractivity contribution in [2.24, 2.45) is 5.73 Å². The van der Waals surface area contributed by atoms with Gasteiger partial charge in [-0.15, -0.1) is 0 Å². The number of nitrogens with two attached hydrogens (primary N) is 1. The number of hydrogen-bond acceptors (Lipinski definition) is 2. The summed E-state index contributed by atoms with van der Waals surface area (Å²) in [5.41, 5.74) is 7.98. The fourth-order valence-electron chi connectivity index (χ4n) is 2.12. The maximum atomic E-state index is 8.91. The zero-order valence-electron chi connectivity index (χ0n) is 9.69. The van der Waals surface area contributed by atoms with Gasteiger partial charge in [-0.25, -0.2) is 0 Å². The molecular formula is C13H17ClN2O. The van der Waals surface area contributed by atoms with Gasteiger partial charge in [0.15, 0.2) is 0 Å². The summed E-state index contributed by atoms with van der Waals surface area (Å²) in [5, 5.41) is 10.8. The van der Waals surface area contributed by atoms with Crippen LogP contribution in [0.2, 0.25) is 5.02 Å². The fourth-order valence-corrected chi connectivity index (χ4v) is 2.29. The molecule has 3 N–H and O–H groups in total. The van der Waals surface area contributed by atoms with Gasteiger partial charge < -0.3 is 15.4 Å². The van der Waals surface area contributed by atoms with Gasteiger partial charge >= 0.3 is 0 Å². The lowest BCUT2D eigenvalue weighted by molar-refractivity contribution is 0.280. The predicted molar refractivity (Wildman–Crippen MR) is 71.4 cm³/mol. The predicted octanol–water partition coefficient (Wildman–Crippen LogP) is 2.18. The maximum Gasteiger partial charge on any atom is 0.0498 e. The number of rotatable bonds is 5. The largest absolute Gasteiger partial charge is 0.396 e. The molecular weight excluding hydrogens is 236 g/mol. The number of aromatic nitrogens is 1. The summed E-state index contributed by atoms with van der Waals surface area (Å²) < 4.78 is 2.14. The van der Waals surface area contributed by atoms with Crippen LogP contribution in [0.1, 0.15) is 12.0 Å². The molecule has 0 amide bonds. The summed E-state index contributed by atoms with van der Waals surface area (Å²) in [4.78, 5) is 0. The topological polar surface area (TPSA) is 51.2 Å². The molecule has 2 aromatic rings. The smallest absolute Gasteiger partial charge is 0.0498 e. The van der Waals surface area contributed by atoms with Crippen LogP contribution in [0.4, 0.5) is 0 Å². The van der Waals surface area contributed by atoms with Gasteiger partial charge in [-0.1, -0.05) is 17.7 Å². The van der Waals surface area contributed by atoms with Crippen LogP contribution >= 0.6 is 11.6 Å². The van der Waals surface area contributed by atoms with Gasteiger partial charge in [0, 0.05) is 35.3 Å². The van der Waals surface area contributed by atoms with E-state index in [1.807, 2.05) is 18.2 Å². The van der Waals surface area contributed by atoms with Crippen molar-refractivity contribution in [3.63, 3.8) is 0 Å². The molecule has 17 heavy (non-hydrogen) atoms. The molecule has 92 valence electrons. The van der Waals surface area contributed by atoms with Crippen molar-refractivity contribution in [3.05, 3.63) is 35.0 Å². The molecule has 1 heterocycles. The number of hydrogen-bond donors (Lipinski definition) is 2. The minimum Gasteiger partial charge on any atom is -0.396 e. The summed E-state index contributed by atoms with van der Waals surface area (Å²) in [6.45, 7) is 1.64. The number of halogens is 1. The Morgan fingerprint density at radius 2 is 2.18 bits per heavy atom. The van der Waals surface area contributed by atoms with E-state index in [9.17, 15) is 0 Å². The molecule has 0 saturated heterocycles. The van der Waals surface area contributed by atoms with Crippen LogP contribution in [0.25, 0.3) is 10.9 Å². The summed E-state index contributed by atoms with van der Waals surface area (Å²) >= 11 is 6.02. The number of benzene rings is 1. The highest BCUT2D eigenvalue weighted by Gasteiger charge is 2.08. The van der Waals surface area contributed by atoms with E-state index in [1.54, 1.807) is 0 Å². The van der Waals surface area contributed by atoms with E-state index in [4.69, 9.17) is 22.4 Å². The minimum absolute atomic E-state index is 0.201. The summed E-state index contributed by atoms with van der Waals surface area (Å²) in [6, 6.07) is 5.91. The lowest BCUT2D eigenvalue weighted by Gasteiger charge is -2.03. The molecule has 0 aliphatic rings. The molecule has 0 aliphatic heterocycles. The first-order chi connectivity index (χ1) is 8.26. The number of aliphatic hydroxyl groups excluding tert-OH is 1. The standard InChI is InChI=1S/C13H17ClN2O/c14-11-2-3-12-10(4-5-15)9-16(6-1-7-17)13(12)8-11/h2-3,8-9,17H,1,4-7,15H2. The molecule has 0 fully saturated rings. The average Bonchev–Trinajstić information content (AvgIpc) is 2.65. The van der Waals surface area contributed by atoms with Crippen molar-refractivity contribution in [2.45, 2.75) is 19.4 Å². The third-order valence-electron chi connectivity index (χ3n) is 2.90. The van der Waals surface area contributed by atoms with Gasteiger partial charge in [-0.3, -0.25) is 0 Å². The van der Waals surface area contributed by atoms with E-state index in [2.05, 4.69) is 10.8 Å². The van der Waals surface area contributed by atoms with Crippen LogP contribution in [0, 0.1) is 0 Å². The molecule has 0 atom stereocenters. The third kappa shape index (κ3) is 2.63. The molecule has 3 nitrogen and oxygen atoms in total. The molecule has 0 aliphatic carbocycles. The zero-order valence-corrected chi connectivity index (χ0v) is 10.5. The van der Waals surface area contributed by atoms with Gasteiger partial charge in [-0.05, 0) is 37.1 Å². The van der Waals surface area contributed by atoms with Crippen LogP contribution in [-0.4, -0.2) is 22.8 Å². The van der Waals surface area contributed by atoms with Crippen molar-refractivity contribution >= 4 is 22.5 Å². The van der Waals surface area contributed by atoms with Gasteiger partial charge in [0.1, 0.15) is 0 Å². The van der Waals surface area contributed by atoms with E-state index < -0.39 is 0 Å². The van der Waals surface area contributed by atoms with E-state index in [0.717, 1.165) is 29.9 Å². The van der Waals surface area contributed by atoms with Gasteiger partial charge in [-0.2, -0.15) is 0 Å². The Kier molecular flexibility index (Phi) is 4.05. The highest BCUT2D eigenvalue weighted by atomic mass is 35.5. The molecule has 0 saturated carbocycles. The normalized spacial score (nSPS) is 11.2. The van der Waals surface area contributed by atoms with E-state index in [1.165, 1.54) is 10.9 Å². The number of aliphatic hydroxyl groups is 1. The van der Waals surface area contributed by atoms with Crippen molar-refractivity contribution in [1.29, 1.82) is 0 Å². The van der Waals surface area contributed by atoms with Gasteiger partial charge in [0.2, 0.25) is 0 Å².